The van der Waals surface area contributed by atoms with Gasteiger partial charge in [-0.15, -0.1) is 5.10 Å². The van der Waals surface area contributed by atoms with E-state index < -0.39 is 6.17 Å². The van der Waals surface area contributed by atoms with Gasteiger partial charge in [-0.25, -0.2) is 14.1 Å². The van der Waals surface area contributed by atoms with E-state index in [1.54, 1.807) is 4.68 Å². The van der Waals surface area contributed by atoms with E-state index in [-0.39, 0.29) is 29.4 Å². The molecule has 24 heavy (non-hydrogen) atoms. The van der Waals surface area contributed by atoms with Crippen molar-refractivity contribution in [1.82, 2.24) is 14.8 Å². The maximum Gasteiger partial charge on any atom is 0.217 e. The number of halogens is 1. The Bertz CT molecular complexity index is 725. The van der Waals surface area contributed by atoms with Gasteiger partial charge in [-0.05, 0) is 24.3 Å². The summed E-state index contributed by atoms with van der Waals surface area (Å²) in [7, 11) is 0. The minimum atomic E-state index is -1.18. The number of carbonyl (C=O) groups excluding carboxylic acids is 1. The van der Waals surface area contributed by atoms with E-state index in [9.17, 15) is 9.18 Å². The van der Waals surface area contributed by atoms with Crippen LogP contribution in [0, 0.1) is 5.92 Å². The van der Waals surface area contributed by atoms with E-state index in [4.69, 9.17) is 4.74 Å². The molecule has 1 unspecified atom stereocenters. The van der Waals surface area contributed by atoms with E-state index in [0.29, 0.717) is 19.4 Å². The van der Waals surface area contributed by atoms with Crippen LogP contribution in [0.25, 0.3) is 0 Å². The van der Waals surface area contributed by atoms with Crippen LogP contribution in [0.15, 0.2) is 30.3 Å². The first-order valence-corrected chi connectivity index (χ1v) is 8.49. The second-order valence-electron chi connectivity index (χ2n) is 6.58. The van der Waals surface area contributed by atoms with Crippen molar-refractivity contribution in [3.8, 4) is 0 Å². The maximum absolute atomic E-state index is 14.3. The average Bonchev–Trinajstić information content (AvgIpc) is 3.18. The van der Waals surface area contributed by atoms with Gasteiger partial charge in [0.2, 0.25) is 11.6 Å². The van der Waals surface area contributed by atoms with Crippen molar-refractivity contribution in [1.29, 1.82) is 0 Å². The Kier molecular flexibility index (Phi) is 4.14. The van der Waals surface area contributed by atoms with E-state index in [1.807, 2.05) is 30.3 Å². The fourth-order valence-corrected chi connectivity index (χ4v) is 3.57. The summed E-state index contributed by atoms with van der Waals surface area (Å²) >= 11 is 0. The van der Waals surface area contributed by atoms with Crippen LogP contribution in [-0.4, -0.2) is 33.8 Å². The molecule has 0 saturated carbocycles. The highest BCUT2D eigenvalue weighted by atomic mass is 19.1. The van der Waals surface area contributed by atoms with Crippen molar-refractivity contribution in [3.63, 3.8) is 0 Å². The number of benzene rings is 1. The number of aromatic nitrogens is 3. The second-order valence-corrected chi connectivity index (χ2v) is 6.58. The van der Waals surface area contributed by atoms with Crippen LogP contribution < -0.4 is 0 Å². The van der Waals surface area contributed by atoms with Crippen LogP contribution in [-0.2, 0) is 4.74 Å². The quantitative estimate of drug-likeness (QED) is 0.808. The molecule has 0 spiro atoms. The first kappa shape index (κ1) is 15.4. The lowest BCUT2D eigenvalue weighted by atomic mass is 9.96. The van der Waals surface area contributed by atoms with Gasteiger partial charge in [0.05, 0.1) is 6.04 Å². The third-order valence-electron chi connectivity index (χ3n) is 4.83. The van der Waals surface area contributed by atoms with Crippen LogP contribution in [0.3, 0.4) is 0 Å². The molecular formula is C18H20FN3O2. The number of ether oxygens (including phenoxy) is 1. The van der Waals surface area contributed by atoms with Crippen LogP contribution in [0.5, 0.6) is 0 Å². The van der Waals surface area contributed by atoms with E-state index in [2.05, 4.69) is 10.1 Å². The first-order valence-electron chi connectivity index (χ1n) is 8.49. The maximum atomic E-state index is 14.3. The Balaban J connectivity index is 1.55. The molecule has 0 amide bonds. The zero-order valence-electron chi connectivity index (χ0n) is 13.4. The Morgan fingerprint density at radius 2 is 2.17 bits per heavy atom. The number of ketones is 1. The SMILES string of the molecule is O=C(CC1CCCOC1)c1nc2n(n1)[C@H](c1ccccc1)C[C@@H]2F. The predicted octanol–water partition coefficient (Wildman–Crippen LogP) is 3.28. The third kappa shape index (κ3) is 2.86. The zero-order chi connectivity index (χ0) is 16.5. The summed E-state index contributed by atoms with van der Waals surface area (Å²) in [4.78, 5) is 16.7. The molecule has 2 aliphatic heterocycles. The Morgan fingerprint density at radius 1 is 1.33 bits per heavy atom. The highest BCUT2D eigenvalue weighted by Crippen LogP contribution is 2.39. The summed E-state index contributed by atoms with van der Waals surface area (Å²) in [5.74, 6) is 0.507. The van der Waals surface area contributed by atoms with Crippen molar-refractivity contribution >= 4 is 5.78 Å². The van der Waals surface area contributed by atoms with Crippen molar-refractivity contribution < 1.29 is 13.9 Å². The number of Topliss-reactive ketones (excluding diaryl/α,β-unsaturated/α-hetero) is 1. The van der Waals surface area contributed by atoms with E-state index in [1.165, 1.54) is 0 Å². The summed E-state index contributed by atoms with van der Waals surface area (Å²) < 4.78 is 21.3. The van der Waals surface area contributed by atoms with Crippen molar-refractivity contribution in [2.24, 2.45) is 5.92 Å². The largest absolute Gasteiger partial charge is 0.381 e. The molecule has 5 nitrogen and oxygen atoms in total. The minimum absolute atomic E-state index is 0.119. The monoisotopic (exact) mass is 329 g/mol. The Morgan fingerprint density at radius 3 is 2.92 bits per heavy atom. The number of carbonyl (C=O) groups is 1. The minimum Gasteiger partial charge on any atom is -0.381 e. The van der Waals surface area contributed by atoms with E-state index >= 15 is 0 Å². The standard InChI is InChI=1S/C18H20FN3O2/c19-14-10-15(13-6-2-1-3-7-13)22-18(14)20-17(21-22)16(23)9-12-5-4-8-24-11-12/h1-3,6-7,12,14-15H,4-5,8-11H2/t12?,14-,15-/m0/s1. The van der Waals surface area contributed by atoms with Gasteiger partial charge in [0.15, 0.2) is 12.0 Å². The fourth-order valence-electron chi connectivity index (χ4n) is 3.57. The highest BCUT2D eigenvalue weighted by Gasteiger charge is 2.36. The summed E-state index contributed by atoms with van der Waals surface area (Å²) in [6.45, 7) is 1.38. The summed E-state index contributed by atoms with van der Waals surface area (Å²) in [5, 5.41) is 4.34. The molecule has 0 radical (unpaired) electrons. The van der Waals surface area contributed by atoms with Crippen LogP contribution in [0.2, 0.25) is 0 Å². The van der Waals surface area contributed by atoms with Gasteiger partial charge in [-0.1, -0.05) is 30.3 Å². The Labute approximate surface area is 139 Å². The Hall–Kier alpha value is -2.08. The number of alkyl halides is 1. The second kappa shape index (κ2) is 6.43. The molecule has 126 valence electrons. The van der Waals surface area contributed by atoms with Gasteiger partial charge in [0.25, 0.3) is 0 Å². The summed E-state index contributed by atoms with van der Waals surface area (Å²) in [6.07, 6.45) is 1.48. The van der Waals surface area contributed by atoms with Gasteiger partial charge in [0, 0.05) is 26.1 Å². The van der Waals surface area contributed by atoms with Crippen LogP contribution >= 0.6 is 0 Å². The van der Waals surface area contributed by atoms with Gasteiger partial charge in [0.1, 0.15) is 0 Å². The highest BCUT2D eigenvalue weighted by molar-refractivity contribution is 5.92. The normalized spacial score (nSPS) is 26.3. The average molecular weight is 329 g/mol. The van der Waals surface area contributed by atoms with Crippen molar-refractivity contribution in [3.05, 3.63) is 47.5 Å². The van der Waals surface area contributed by atoms with E-state index in [0.717, 1.165) is 25.0 Å². The third-order valence-corrected chi connectivity index (χ3v) is 4.83. The molecule has 1 saturated heterocycles. The molecule has 6 heteroatoms. The lowest BCUT2D eigenvalue weighted by Crippen LogP contribution is -2.21. The lowest BCUT2D eigenvalue weighted by Gasteiger charge is -2.20. The molecule has 2 aliphatic rings. The molecule has 3 heterocycles. The molecular weight excluding hydrogens is 309 g/mol. The predicted molar refractivity (Wildman–Crippen MR) is 85.6 cm³/mol. The first-order chi connectivity index (χ1) is 11.7. The van der Waals surface area contributed by atoms with Gasteiger partial charge in [-0.2, -0.15) is 0 Å². The van der Waals surface area contributed by atoms with Gasteiger partial charge in [-0.3, -0.25) is 4.79 Å². The topological polar surface area (TPSA) is 57.0 Å². The number of hydrogen-bond acceptors (Lipinski definition) is 4. The molecule has 1 aromatic heterocycles. The lowest BCUT2D eigenvalue weighted by molar-refractivity contribution is 0.0485. The molecule has 0 bridgehead atoms. The number of rotatable bonds is 4. The zero-order valence-corrected chi connectivity index (χ0v) is 13.4. The summed E-state index contributed by atoms with van der Waals surface area (Å²) in [6, 6.07) is 9.49. The number of hydrogen-bond donors (Lipinski definition) is 0. The van der Waals surface area contributed by atoms with Crippen LogP contribution in [0.1, 0.15) is 59.9 Å². The van der Waals surface area contributed by atoms with Crippen molar-refractivity contribution in [2.75, 3.05) is 13.2 Å². The molecule has 2 aromatic rings. The van der Waals surface area contributed by atoms with Crippen molar-refractivity contribution in [2.45, 2.75) is 37.9 Å². The molecule has 0 aliphatic carbocycles. The molecule has 1 fully saturated rings. The molecule has 0 N–H and O–H groups in total. The molecule has 4 rings (SSSR count). The van der Waals surface area contributed by atoms with Gasteiger partial charge >= 0.3 is 0 Å². The summed E-state index contributed by atoms with van der Waals surface area (Å²) in [5.41, 5.74) is 0.989. The number of nitrogens with zero attached hydrogens (tertiary/aromatic N) is 3. The molecule has 1 aromatic carbocycles. The smallest absolute Gasteiger partial charge is 0.217 e. The molecule has 3 atom stereocenters. The van der Waals surface area contributed by atoms with Gasteiger partial charge < -0.3 is 4.74 Å². The van der Waals surface area contributed by atoms with Crippen LogP contribution in [0.4, 0.5) is 4.39 Å². The number of fused-ring (bicyclic) bond motifs is 1. The fraction of sp³-hybridized carbons (Fsp3) is 0.500.